The van der Waals surface area contributed by atoms with E-state index in [1.54, 1.807) is 0 Å². The van der Waals surface area contributed by atoms with Gasteiger partial charge < -0.3 is 15.7 Å². The van der Waals surface area contributed by atoms with Crippen LogP contribution in [0.25, 0.3) is 0 Å². The molecule has 0 radical (unpaired) electrons. The zero-order valence-corrected chi connectivity index (χ0v) is 8.01. The zero-order chi connectivity index (χ0) is 8.97. The Balaban J connectivity index is 2.17. The minimum Gasteiger partial charge on any atom is -0.395 e. The third kappa shape index (κ3) is 3.09. The van der Waals surface area contributed by atoms with Crippen molar-refractivity contribution in [1.82, 2.24) is 10.6 Å². The first-order valence-electron chi connectivity index (χ1n) is 4.80. The summed E-state index contributed by atoms with van der Waals surface area (Å²) in [7, 11) is 0. The van der Waals surface area contributed by atoms with Crippen LogP contribution in [0.4, 0.5) is 0 Å². The van der Waals surface area contributed by atoms with Crippen molar-refractivity contribution >= 4 is 0 Å². The van der Waals surface area contributed by atoms with E-state index in [0.717, 1.165) is 19.0 Å². The minimum atomic E-state index is 0.237. The van der Waals surface area contributed by atoms with Gasteiger partial charge in [0.2, 0.25) is 0 Å². The monoisotopic (exact) mass is 172 g/mol. The first kappa shape index (κ1) is 9.96. The largest absolute Gasteiger partial charge is 0.395 e. The molecule has 3 nitrogen and oxygen atoms in total. The molecule has 0 amide bonds. The molecule has 3 N–H and O–H groups in total. The summed E-state index contributed by atoms with van der Waals surface area (Å²) < 4.78 is 0. The standard InChI is InChI=1S/C9H20N2O/c1-7(2)3-8-4-11-9(6-12)5-10-8/h7-12H,3-6H2,1-2H3. The fourth-order valence-corrected chi connectivity index (χ4v) is 1.63. The average Bonchev–Trinajstić information content (AvgIpc) is 2.05. The van der Waals surface area contributed by atoms with E-state index in [2.05, 4.69) is 24.5 Å². The number of rotatable bonds is 3. The Hall–Kier alpha value is -0.120. The van der Waals surface area contributed by atoms with E-state index in [1.807, 2.05) is 0 Å². The number of hydrogen-bond donors (Lipinski definition) is 3. The number of nitrogens with one attached hydrogen (secondary N) is 2. The van der Waals surface area contributed by atoms with E-state index in [4.69, 9.17) is 5.11 Å². The molecule has 1 fully saturated rings. The van der Waals surface area contributed by atoms with Crippen molar-refractivity contribution in [2.45, 2.75) is 32.4 Å². The smallest absolute Gasteiger partial charge is 0.0597 e. The molecule has 1 rings (SSSR count). The van der Waals surface area contributed by atoms with E-state index in [9.17, 15) is 0 Å². The lowest BCUT2D eigenvalue weighted by atomic mass is 10.0. The minimum absolute atomic E-state index is 0.237. The van der Waals surface area contributed by atoms with Crippen LogP contribution in [0.1, 0.15) is 20.3 Å². The lowest BCUT2D eigenvalue weighted by Crippen LogP contribution is -2.55. The van der Waals surface area contributed by atoms with Crippen molar-refractivity contribution in [3.63, 3.8) is 0 Å². The van der Waals surface area contributed by atoms with Crippen LogP contribution in [0.5, 0.6) is 0 Å². The third-order valence-corrected chi connectivity index (χ3v) is 2.28. The van der Waals surface area contributed by atoms with Gasteiger partial charge >= 0.3 is 0 Å². The van der Waals surface area contributed by atoms with Crippen LogP contribution < -0.4 is 10.6 Å². The van der Waals surface area contributed by atoms with Crippen LogP contribution in [0.2, 0.25) is 0 Å². The molecule has 12 heavy (non-hydrogen) atoms. The quantitative estimate of drug-likeness (QED) is 0.559. The average molecular weight is 172 g/mol. The van der Waals surface area contributed by atoms with Crippen molar-refractivity contribution in [3.05, 3.63) is 0 Å². The number of aliphatic hydroxyl groups is 1. The van der Waals surface area contributed by atoms with Gasteiger partial charge in [0.1, 0.15) is 0 Å². The Morgan fingerprint density at radius 1 is 1.25 bits per heavy atom. The molecule has 1 aliphatic heterocycles. The zero-order valence-electron chi connectivity index (χ0n) is 8.01. The van der Waals surface area contributed by atoms with Gasteiger partial charge in [0, 0.05) is 25.2 Å². The molecular formula is C9H20N2O. The molecule has 0 aromatic carbocycles. The summed E-state index contributed by atoms with van der Waals surface area (Å²) in [6, 6.07) is 0.848. The summed E-state index contributed by atoms with van der Waals surface area (Å²) in [6.07, 6.45) is 1.21. The highest BCUT2D eigenvalue weighted by Gasteiger charge is 2.19. The molecule has 1 heterocycles. The van der Waals surface area contributed by atoms with Gasteiger partial charge in [-0.05, 0) is 12.3 Å². The predicted octanol–water partition coefficient (Wildman–Crippen LogP) is -0.0452. The van der Waals surface area contributed by atoms with Crippen molar-refractivity contribution in [3.8, 4) is 0 Å². The SMILES string of the molecule is CC(C)CC1CNC(CO)CN1. The van der Waals surface area contributed by atoms with Gasteiger partial charge in [-0.25, -0.2) is 0 Å². The number of hydrogen-bond acceptors (Lipinski definition) is 3. The maximum Gasteiger partial charge on any atom is 0.0597 e. The predicted molar refractivity (Wildman–Crippen MR) is 50.1 cm³/mol. The summed E-state index contributed by atoms with van der Waals surface area (Å²) in [5.74, 6) is 0.745. The third-order valence-electron chi connectivity index (χ3n) is 2.28. The summed E-state index contributed by atoms with van der Waals surface area (Å²) in [5, 5.41) is 15.6. The highest BCUT2D eigenvalue weighted by molar-refractivity contribution is 4.82. The molecular weight excluding hydrogens is 152 g/mol. The molecule has 72 valence electrons. The molecule has 0 aromatic heterocycles. The van der Waals surface area contributed by atoms with Crippen molar-refractivity contribution < 1.29 is 5.11 Å². The molecule has 1 saturated heterocycles. The number of aliphatic hydroxyl groups excluding tert-OH is 1. The van der Waals surface area contributed by atoms with Crippen molar-refractivity contribution in [2.24, 2.45) is 5.92 Å². The van der Waals surface area contributed by atoms with Crippen LogP contribution >= 0.6 is 0 Å². The molecule has 2 unspecified atom stereocenters. The van der Waals surface area contributed by atoms with Gasteiger partial charge in [0.05, 0.1) is 6.61 Å². The van der Waals surface area contributed by atoms with E-state index in [-0.39, 0.29) is 12.6 Å². The van der Waals surface area contributed by atoms with Crippen molar-refractivity contribution in [2.75, 3.05) is 19.7 Å². The molecule has 0 aliphatic carbocycles. The molecule has 3 heteroatoms. The Morgan fingerprint density at radius 2 is 1.83 bits per heavy atom. The Morgan fingerprint density at radius 3 is 2.25 bits per heavy atom. The van der Waals surface area contributed by atoms with E-state index in [1.165, 1.54) is 6.42 Å². The van der Waals surface area contributed by atoms with Gasteiger partial charge in [0.15, 0.2) is 0 Å². The van der Waals surface area contributed by atoms with Gasteiger partial charge in [-0.1, -0.05) is 13.8 Å². The molecule has 0 saturated carbocycles. The lowest BCUT2D eigenvalue weighted by Gasteiger charge is -2.31. The second-order valence-electron chi connectivity index (χ2n) is 4.02. The normalized spacial score (nSPS) is 31.0. The van der Waals surface area contributed by atoms with Crippen LogP contribution in [0, 0.1) is 5.92 Å². The van der Waals surface area contributed by atoms with Gasteiger partial charge in [-0.15, -0.1) is 0 Å². The highest BCUT2D eigenvalue weighted by atomic mass is 16.3. The summed E-state index contributed by atoms with van der Waals surface area (Å²) >= 11 is 0. The van der Waals surface area contributed by atoms with Crippen LogP contribution in [0.3, 0.4) is 0 Å². The molecule has 1 aliphatic rings. The maximum absolute atomic E-state index is 8.86. The summed E-state index contributed by atoms with van der Waals surface area (Å²) in [4.78, 5) is 0. The van der Waals surface area contributed by atoms with Gasteiger partial charge in [0.25, 0.3) is 0 Å². The molecule has 0 bridgehead atoms. The Labute approximate surface area is 74.5 Å². The fourth-order valence-electron chi connectivity index (χ4n) is 1.63. The highest BCUT2D eigenvalue weighted by Crippen LogP contribution is 2.06. The second kappa shape index (κ2) is 4.80. The molecule has 0 aromatic rings. The van der Waals surface area contributed by atoms with Crippen LogP contribution in [0.15, 0.2) is 0 Å². The Kier molecular flexibility index (Phi) is 3.98. The first-order valence-corrected chi connectivity index (χ1v) is 4.80. The van der Waals surface area contributed by atoms with Crippen LogP contribution in [-0.4, -0.2) is 36.9 Å². The molecule has 0 spiro atoms. The van der Waals surface area contributed by atoms with E-state index < -0.39 is 0 Å². The van der Waals surface area contributed by atoms with Crippen LogP contribution in [-0.2, 0) is 0 Å². The number of piperazine rings is 1. The summed E-state index contributed by atoms with van der Waals surface area (Å²) in [5.41, 5.74) is 0. The maximum atomic E-state index is 8.86. The van der Waals surface area contributed by atoms with Crippen molar-refractivity contribution in [1.29, 1.82) is 0 Å². The lowest BCUT2D eigenvalue weighted by molar-refractivity contribution is 0.206. The van der Waals surface area contributed by atoms with E-state index >= 15 is 0 Å². The molecule has 2 atom stereocenters. The van der Waals surface area contributed by atoms with E-state index in [0.29, 0.717) is 6.04 Å². The fraction of sp³-hybridized carbons (Fsp3) is 1.00. The summed E-state index contributed by atoms with van der Waals surface area (Å²) in [6.45, 7) is 6.60. The van der Waals surface area contributed by atoms with Gasteiger partial charge in [-0.3, -0.25) is 0 Å². The Bertz CT molecular complexity index is 120. The topological polar surface area (TPSA) is 44.3 Å². The van der Waals surface area contributed by atoms with Gasteiger partial charge in [-0.2, -0.15) is 0 Å². The first-order chi connectivity index (χ1) is 5.72. The second-order valence-corrected chi connectivity index (χ2v) is 4.02.